The van der Waals surface area contributed by atoms with Crippen molar-refractivity contribution in [2.75, 3.05) is 20.2 Å². The van der Waals surface area contributed by atoms with Gasteiger partial charge in [0.2, 0.25) is 0 Å². The molecule has 1 saturated heterocycles. The van der Waals surface area contributed by atoms with Gasteiger partial charge in [-0.1, -0.05) is 13.8 Å². The van der Waals surface area contributed by atoms with Crippen molar-refractivity contribution in [1.82, 2.24) is 4.90 Å². The minimum absolute atomic E-state index is 0.170. The summed E-state index contributed by atoms with van der Waals surface area (Å²) in [5.41, 5.74) is 6.87. The van der Waals surface area contributed by atoms with Crippen LogP contribution in [0.5, 0.6) is 0 Å². The summed E-state index contributed by atoms with van der Waals surface area (Å²) in [6.45, 7) is 8.61. The van der Waals surface area contributed by atoms with Crippen molar-refractivity contribution in [1.29, 1.82) is 0 Å². The van der Waals surface area contributed by atoms with Crippen LogP contribution < -0.4 is 5.73 Å². The fourth-order valence-corrected chi connectivity index (χ4v) is 3.95. The molecule has 2 rings (SSSR count). The smallest absolute Gasteiger partial charge is 0.0565 e. The molecule has 2 N–H and O–H groups in total. The van der Waals surface area contributed by atoms with E-state index in [4.69, 9.17) is 10.5 Å². The lowest BCUT2D eigenvalue weighted by atomic mass is 9.73. The van der Waals surface area contributed by atoms with Crippen molar-refractivity contribution in [3.05, 3.63) is 0 Å². The molecule has 2 atom stereocenters. The first kappa shape index (κ1) is 15.3. The fourth-order valence-electron chi connectivity index (χ4n) is 3.95. The molecule has 1 aliphatic carbocycles. The number of nitrogens with zero attached hydrogens (tertiary/aromatic N) is 1. The van der Waals surface area contributed by atoms with Crippen LogP contribution in [0.1, 0.15) is 59.3 Å². The van der Waals surface area contributed by atoms with Gasteiger partial charge in [0.15, 0.2) is 0 Å². The van der Waals surface area contributed by atoms with Crippen LogP contribution in [0.25, 0.3) is 0 Å². The van der Waals surface area contributed by atoms with Crippen LogP contribution in [0.15, 0.2) is 0 Å². The monoisotopic (exact) mass is 268 g/mol. The quantitative estimate of drug-likeness (QED) is 0.855. The Balaban J connectivity index is 2.02. The second-order valence-electron chi connectivity index (χ2n) is 7.57. The largest absolute Gasteiger partial charge is 0.378 e. The maximum atomic E-state index is 6.16. The van der Waals surface area contributed by atoms with Crippen molar-refractivity contribution in [2.24, 2.45) is 11.1 Å². The normalized spacial score (nSPS) is 36.6. The van der Waals surface area contributed by atoms with Gasteiger partial charge in [0.1, 0.15) is 0 Å². The molecule has 1 heterocycles. The summed E-state index contributed by atoms with van der Waals surface area (Å²) in [6.07, 6.45) is 7.84. The van der Waals surface area contributed by atoms with Crippen LogP contribution in [-0.4, -0.2) is 42.8 Å². The third-order valence-electron chi connectivity index (χ3n) is 5.62. The summed E-state index contributed by atoms with van der Waals surface area (Å²) in [6, 6.07) is 0.710. The lowest BCUT2D eigenvalue weighted by Gasteiger charge is -2.51. The van der Waals surface area contributed by atoms with Gasteiger partial charge >= 0.3 is 0 Å². The van der Waals surface area contributed by atoms with Crippen molar-refractivity contribution >= 4 is 0 Å². The van der Waals surface area contributed by atoms with E-state index < -0.39 is 0 Å². The van der Waals surface area contributed by atoms with E-state index >= 15 is 0 Å². The first-order valence-corrected chi connectivity index (χ1v) is 7.93. The third-order valence-corrected chi connectivity index (χ3v) is 5.62. The first-order valence-electron chi connectivity index (χ1n) is 7.93. The van der Waals surface area contributed by atoms with E-state index in [9.17, 15) is 0 Å². The van der Waals surface area contributed by atoms with E-state index in [0.29, 0.717) is 17.6 Å². The van der Waals surface area contributed by atoms with Gasteiger partial charge < -0.3 is 10.5 Å². The average molecular weight is 268 g/mol. The lowest BCUT2D eigenvalue weighted by molar-refractivity contribution is -0.0754. The van der Waals surface area contributed by atoms with Gasteiger partial charge in [0.25, 0.3) is 0 Å². The zero-order chi connectivity index (χ0) is 14.1. The molecule has 19 heavy (non-hydrogen) atoms. The standard InChI is InChI=1S/C16H32N2O/c1-13-11-16(12-17,9-10-19-13)18(4)14-5-7-15(2,3)8-6-14/h13-14H,5-12,17H2,1-4H3. The van der Waals surface area contributed by atoms with E-state index in [1.165, 1.54) is 25.7 Å². The third kappa shape index (κ3) is 3.32. The summed E-state index contributed by atoms with van der Waals surface area (Å²) in [5.74, 6) is 0. The van der Waals surface area contributed by atoms with Crippen LogP contribution >= 0.6 is 0 Å². The Morgan fingerprint density at radius 3 is 2.37 bits per heavy atom. The Morgan fingerprint density at radius 2 is 1.84 bits per heavy atom. The first-order chi connectivity index (χ1) is 8.88. The Hall–Kier alpha value is -0.120. The summed E-state index contributed by atoms with van der Waals surface area (Å²) in [4.78, 5) is 2.61. The van der Waals surface area contributed by atoms with Gasteiger partial charge in [-0.3, -0.25) is 4.90 Å². The maximum Gasteiger partial charge on any atom is 0.0565 e. The number of ether oxygens (including phenoxy) is 1. The summed E-state index contributed by atoms with van der Waals surface area (Å²) in [7, 11) is 2.30. The minimum Gasteiger partial charge on any atom is -0.378 e. The summed E-state index contributed by atoms with van der Waals surface area (Å²) < 4.78 is 5.72. The Labute approximate surface area is 118 Å². The van der Waals surface area contributed by atoms with Gasteiger partial charge in [0, 0.05) is 24.7 Å². The molecular formula is C16H32N2O. The molecule has 0 aromatic rings. The van der Waals surface area contributed by atoms with E-state index in [0.717, 1.165) is 26.0 Å². The molecule has 0 aromatic heterocycles. The van der Waals surface area contributed by atoms with Crippen molar-refractivity contribution in [2.45, 2.75) is 77.0 Å². The van der Waals surface area contributed by atoms with Crippen LogP contribution in [0.4, 0.5) is 0 Å². The Morgan fingerprint density at radius 1 is 1.21 bits per heavy atom. The van der Waals surface area contributed by atoms with Crippen molar-refractivity contribution in [3.63, 3.8) is 0 Å². The molecule has 0 amide bonds. The Kier molecular flexibility index (Phi) is 4.59. The summed E-state index contributed by atoms with van der Waals surface area (Å²) >= 11 is 0. The second-order valence-corrected chi connectivity index (χ2v) is 7.57. The highest BCUT2D eigenvalue weighted by atomic mass is 16.5. The highest BCUT2D eigenvalue weighted by Crippen LogP contribution is 2.40. The van der Waals surface area contributed by atoms with E-state index in [2.05, 4.69) is 32.7 Å². The molecule has 1 saturated carbocycles. The summed E-state index contributed by atoms with van der Waals surface area (Å²) in [5, 5.41) is 0. The minimum atomic E-state index is 0.170. The predicted molar refractivity (Wildman–Crippen MR) is 80.2 cm³/mol. The van der Waals surface area contributed by atoms with Gasteiger partial charge in [-0.05, 0) is 57.9 Å². The van der Waals surface area contributed by atoms with E-state index in [1.807, 2.05) is 0 Å². The van der Waals surface area contributed by atoms with Crippen LogP contribution in [-0.2, 0) is 4.74 Å². The number of nitrogens with two attached hydrogens (primary N) is 1. The molecule has 0 spiro atoms. The number of hydrogen-bond donors (Lipinski definition) is 1. The molecule has 3 nitrogen and oxygen atoms in total. The van der Waals surface area contributed by atoms with Gasteiger partial charge in [-0.25, -0.2) is 0 Å². The number of rotatable bonds is 3. The fraction of sp³-hybridized carbons (Fsp3) is 1.00. The zero-order valence-corrected chi connectivity index (χ0v) is 13.2. The number of likely N-dealkylation sites (N-methyl/N-ethyl adjacent to an activating group) is 1. The molecule has 3 heteroatoms. The van der Waals surface area contributed by atoms with E-state index in [-0.39, 0.29) is 5.54 Å². The maximum absolute atomic E-state index is 6.16. The molecular weight excluding hydrogens is 236 g/mol. The lowest BCUT2D eigenvalue weighted by Crippen LogP contribution is -2.60. The van der Waals surface area contributed by atoms with Gasteiger partial charge in [-0.2, -0.15) is 0 Å². The van der Waals surface area contributed by atoms with Crippen LogP contribution in [0.2, 0.25) is 0 Å². The van der Waals surface area contributed by atoms with Crippen LogP contribution in [0, 0.1) is 5.41 Å². The molecule has 0 bridgehead atoms. The van der Waals surface area contributed by atoms with Crippen molar-refractivity contribution in [3.8, 4) is 0 Å². The number of hydrogen-bond acceptors (Lipinski definition) is 3. The molecule has 2 aliphatic rings. The topological polar surface area (TPSA) is 38.5 Å². The molecule has 1 aliphatic heterocycles. The highest BCUT2D eigenvalue weighted by Gasteiger charge is 2.42. The SMILES string of the molecule is CC1CC(CN)(N(C)C2CCC(C)(C)CC2)CCO1. The Bertz CT molecular complexity index is 295. The zero-order valence-electron chi connectivity index (χ0n) is 13.2. The van der Waals surface area contributed by atoms with Gasteiger partial charge in [-0.15, -0.1) is 0 Å². The van der Waals surface area contributed by atoms with Gasteiger partial charge in [0.05, 0.1) is 6.10 Å². The van der Waals surface area contributed by atoms with Crippen LogP contribution in [0.3, 0.4) is 0 Å². The molecule has 0 aromatic carbocycles. The second kappa shape index (κ2) is 5.71. The highest BCUT2D eigenvalue weighted by molar-refractivity contribution is 4.98. The van der Waals surface area contributed by atoms with E-state index in [1.54, 1.807) is 0 Å². The molecule has 112 valence electrons. The van der Waals surface area contributed by atoms with Crippen molar-refractivity contribution < 1.29 is 4.74 Å². The average Bonchev–Trinajstić information content (AvgIpc) is 2.38. The predicted octanol–water partition coefficient (Wildman–Crippen LogP) is 2.78. The molecule has 2 fully saturated rings. The molecule has 2 unspecified atom stereocenters. The molecule has 0 radical (unpaired) electrons.